The molecule has 0 aliphatic heterocycles. The SMILES string of the molecule is COc1ncccc1NC(=O)CCCC(=O)O. The van der Waals surface area contributed by atoms with Crippen LogP contribution in [0, 0.1) is 0 Å². The fourth-order valence-electron chi connectivity index (χ4n) is 1.26. The van der Waals surface area contributed by atoms with E-state index in [2.05, 4.69) is 10.3 Å². The fourth-order valence-corrected chi connectivity index (χ4v) is 1.26. The van der Waals surface area contributed by atoms with Crippen molar-refractivity contribution in [2.75, 3.05) is 12.4 Å². The van der Waals surface area contributed by atoms with Crippen molar-refractivity contribution in [1.29, 1.82) is 0 Å². The van der Waals surface area contributed by atoms with Crippen LogP contribution in [-0.4, -0.2) is 29.1 Å². The first-order valence-corrected chi connectivity index (χ1v) is 5.14. The third kappa shape index (κ3) is 4.50. The average Bonchev–Trinajstić information content (AvgIpc) is 2.29. The molecule has 0 unspecified atom stereocenters. The summed E-state index contributed by atoms with van der Waals surface area (Å²) >= 11 is 0. The van der Waals surface area contributed by atoms with Gasteiger partial charge in [-0.05, 0) is 18.6 Å². The van der Waals surface area contributed by atoms with Gasteiger partial charge in [-0.3, -0.25) is 9.59 Å². The second kappa shape index (κ2) is 6.47. The van der Waals surface area contributed by atoms with E-state index in [1.807, 2.05) is 0 Å². The van der Waals surface area contributed by atoms with Crippen LogP contribution in [0.2, 0.25) is 0 Å². The van der Waals surface area contributed by atoms with Crippen LogP contribution >= 0.6 is 0 Å². The van der Waals surface area contributed by atoms with Crippen molar-refractivity contribution in [3.63, 3.8) is 0 Å². The number of ether oxygens (including phenoxy) is 1. The van der Waals surface area contributed by atoms with Gasteiger partial charge in [0.1, 0.15) is 5.69 Å². The molecule has 0 spiro atoms. The zero-order chi connectivity index (χ0) is 12.7. The molecule has 2 N–H and O–H groups in total. The van der Waals surface area contributed by atoms with Crippen LogP contribution in [0.5, 0.6) is 5.88 Å². The maximum atomic E-state index is 11.5. The lowest BCUT2D eigenvalue weighted by Gasteiger charge is -2.08. The van der Waals surface area contributed by atoms with E-state index >= 15 is 0 Å². The molecule has 0 radical (unpaired) electrons. The maximum absolute atomic E-state index is 11.5. The Hall–Kier alpha value is -2.11. The molecule has 0 bridgehead atoms. The molecule has 0 aromatic carbocycles. The number of hydrogen-bond acceptors (Lipinski definition) is 4. The van der Waals surface area contributed by atoms with Crippen LogP contribution in [0.1, 0.15) is 19.3 Å². The molecular weight excluding hydrogens is 224 g/mol. The van der Waals surface area contributed by atoms with Gasteiger partial charge in [-0.2, -0.15) is 0 Å². The number of pyridine rings is 1. The van der Waals surface area contributed by atoms with Gasteiger partial charge in [-0.15, -0.1) is 0 Å². The van der Waals surface area contributed by atoms with Gasteiger partial charge < -0.3 is 15.2 Å². The number of rotatable bonds is 6. The molecular formula is C11H14N2O4. The molecule has 1 heterocycles. The molecule has 1 aromatic rings. The highest BCUT2D eigenvalue weighted by molar-refractivity contribution is 5.92. The van der Waals surface area contributed by atoms with E-state index < -0.39 is 5.97 Å². The minimum Gasteiger partial charge on any atom is -0.481 e. The number of carbonyl (C=O) groups is 2. The standard InChI is InChI=1S/C11H14N2O4/c1-17-11-8(4-3-7-12-11)13-9(14)5-2-6-10(15)16/h3-4,7H,2,5-6H2,1H3,(H,13,14)(H,15,16). The number of aromatic nitrogens is 1. The van der Waals surface area contributed by atoms with E-state index in [0.717, 1.165) is 0 Å². The summed E-state index contributed by atoms with van der Waals surface area (Å²) in [6.07, 6.45) is 2.00. The molecule has 92 valence electrons. The first-order valence-electron chi connectivity index (χ1n) is 5.14. The second-order valence-corrected chi connectivity index (χ2v) is 3.36. The lowest BCUT2D eigenvalue weighted by Crippen LogP contribution is -2.13. The molecule has 0 saturated heterocycles. The first kappa shape index (κ1) is 13.0. The van der Waals surface area contributed by atoms with Crippen molar-refractivity contribution in [3.05, 3.63) is 18.3 Å². The highest BCUT2D eigenvalue weighted by Crippen LogP contribution is 2.19. The molecule has 0 aliphatic rings. The number of nitrogens with one attached hydrogen (secondary N) is 1. The Morgan fingerprint density at radius 3 is 2.88 bits per heavy atom. The Morgan fingerprint density at radius 2 is 2.24 bits per heavy atom. The summed E-state index contributed by atoms with van der Waals surface area (Å²) < 4.78 is 4.97. The van der Waals surface area contributed by atoms with E-state index in [9.17, 15) is 9.59 Å². The number of amides is 1. The number of aliphatic carboxylic acids is 1. The highest BCUT2D eigenvalue weighted by Gasteiger charge is 2.08. The highest BCUT2D eigenvalue weighted by atomic mass is 16.5. The van der Waals surface area contributed by atoms with Gasteiger partial charge in [-0.1, -0.05) is 0 Å². The summed E-state index contributed by atoms with van der Waals surface area (Å²) in [5, 5.41) is 11.1. The Morgan fingerprint density at radius 1 is 1.47 bits per heavy atom. The molecule has 1 aromatic heterocycles. The number of carboxylic acid groups (broad SMARTS) is 1. The minimum atomic E-state index is -0.906. The number of carbonyl (C=O) groups excluding carboxylic acids is 1. The van der Waals surface area contributed by atoms with Gasteiger partial charge in [0.2, 0.25) is 11.8 Å². The third-order valence-corrected chi connectivity index (χ3v) is 2.03. The molecule has 0 fully saturated rings. The first-order chi connectivity index (χ1) is 8.13. The zero-order valence-electron chi connectivity index (χ0n) is 9.47. The quantitative estimate of drug-likeness (QED) is 0.779. The van der Waals surface area contributed by atoms with Crippen molar-refractivity contribution in [1.82, 2.24) is 4.98 Å². The Balaban J connectivity index is 2.47. The van der Waals surface area contributed by atoms with Crippen molar-refractivity contribution < 1.29 is 19.4 Å². The predicted molar refractivity (Wildman–Crippen MR) is 60.9 cm³/mol. The number of nitrogens with zero attached hydrogens (tertiary/aromatic N) is 1. The molecule has 6 nitrogen and oxygen atoms in total. The number of hydrogen-bond donors (Lipinski definition) is 2. The minimum absolute atomic E-state index is 0.0163. The van der Waals surface area contributed by atoms with Gasteiger partial charge in [0.25, 0.3) is 0 Å². The van der Waals surface area contributed by atoms with Crippen LogP contribution < -0.4 is 10.1 Å². The zero-order valence-corrected chi connectivity index (χ0v) is 9.47. The third-order valence-electron chi connectivity index (χ3n) is 2.03. The number of methoxy groups -OCH3 is 1. The molecule has 6 heteroatoms. The van der Waals surface area contributed by atoms with Crippen molar-refractivity contribution in [2.24, 2.45) is 0 Å². The van der Waals surface area contributed by atoms with Gasteiger partial charge in [-0.25, -0.2) is 4.98 Å². The Bertz CT molecular complexity index is 406. The second-order valence-electron chi connectivity index (χ2n) is 3.36. The van der Waals surface area contributed by atoms with Crippen molar-refractivity contribution >= 4 is 17.6 Å². The normalized spacial score (nSPS) is 9.71. The molecule has 0 aliphatic carbocycles. The van der Waals surface area contributed by atoms with E-state index in [1.54, 1.807) is 18.3 Å². The topological polar surface area (TPSA) is 88.5 Å². The van der Waals surface area contributed by atoms with Crippen LogP contribution in [0.15, 0.2) is 18.3 Å². The number of anilines is 1. The van der Waals surface area contributed by atoms with Gasteiger partial charge in [0.15, 0.2) is 0 Å². The van der Waals surface area contributed by atoms with E-state index in [1.165, 1.54) is 7.11 Å². The monoisotopic (exact) mass is 238 g/mol. The molecule has 1 rings (SSSR count). The predicted octanol–water partition coefficient (Wildman–Crippen LogP) is 1.28. The van der Waals surface area contributed by atoms with Crippen LogP contribution in [0.25, 0.3) is 0 Å². The van der Waals surface area contributed by atoms with Crippen LogP contribution in [0.3, 0.4) is 0 Å². The van der Waals surface area contributed by atoms with Crippen LogP contribution in [0.4, 0.5) is 5.69 Å². The molecule has 0 atom stereocenters. The smallest absolute Gasteiger partial charge is 0.303 e. The summed E-state index contributed by atoms with van der Waals surface area (Å²) in [7, 11) is 1.46. The van der Waals surface area contributed by atoms with E-state index in [0.29, 0.717) is 18.0 Å². The largest absolute Gasteiger partial charge is 0.481 e. The average molecular weight is 238 g/mol. The summed E-state index contributed by atoms with van der Waals surface area (Å²) in [6.45, 7) is 0. The van der Waals surface area contributed by atoms with Gasteiger partial charge in [0, 0.05) is 19.0 Å². The lowest BCUT2D eigenvalue weighted by atomic mass is 10.2. The van der Waals surface area contributed by atoms with E-state index in [-0.39, 0.29) is 18.7 Å². The summed E-state index contributed by atoms with van der Waals surface area (Å²) in [4.78, 5) is 25.7. The van der Waals surface area contributed by atoms with Gasteiger partial charge >= 0.3 is 5.97 Å². The number of carboxylic acids is 1. The van der Waals surface area contributed by atoms with Crippen molar-refractivity contribution in [3.8, 4) is 5.88 Å². The van der Waals surface area contributed by atoms with Crippen LogP contribution in [-0.2, 0) is 9.59 Å². The lowest BCUT2D eigenvalue weighted by molar-refractivity contribution is -0.137. The Labute approximate surface area is 98.6 Å². The molecule has 1 amide bonds. The molecule has 17 heavy (non-hydrogen) atoms. The van der Waals surface area contributed by atoms with Gasteiger partial charge in [0.05, 0.1) is 7.11 Å². The summed E-state index contributed by atoms with van der Waals surface area (Å²) in [6, 6.07) is 3.34. The maximum Gasteiger partial charge on any atom is 0.303 e. The Kier molecular flexibility index (Phi) is 4.93. The summed E-state index contributed by atoms with van der Waals surface area (Å²) in [5.74, 6) is -0.826. The van der Waals surface area contributed by atoms with Crippen molar-refractivity contribution in [2.45, 2.75) is 19.3 Å². The molecule has 0 saturated carbocycles. The summed E-state index contributed by atoms with van der Waals surface area (Å²) in [5.41, 5.74) is 0.482. The fraction of sp³-hybridized carbons (Fsp3) is 0.364. The van der Waals surface area contributed by atoms with E-state index in [4.69, 9.17) is 9.84 Å².